The number of hydrogen-bond acceptors (Lipinski definition) is 2. The van der Waals surface area contributed by atoms with Gasteiger partial charge in [0.2, 0.25) is 0 Å². The number of aryl methyl sites for hydroxylation is 1. The molecule has 0 amide bonds. The van der Waals surface area contributed by atoms with Gasteiger partial charge in [0.1, 0.15) is 0 Å². The fraction of sp³-hybridized carbons (Fsp3) is 0.667. The Kier molecular flexibility index (Phi) is 3.33. The topological polar surface area (TPSA) is 15.3 Å². The van der Waals surface area contributed by atoms with Gasteiger partial charge in [-0.25, -0.2) is 0 Å². The molecule has 20 heavy (non-hydrogen) atoms. The van der Waals surface area contributed by atoms with Gasteiger partial charge in [-0.2, -0.15) is 0 Å². The Morgan fingerprint density at radius 3 is 2.90 bits per heavy atom. The number of para-hydroxylation sites is 1. The van der Waals surface area contributed by atoms with Crippen molar-refractivity contribution in [3.63, 3.8) is 0 Å². The zero-order valence-electron chi connectivity index (χ0n) is 12.4. The fourth-order valence-electron chi connectivity index (χ4n) is 4.65. The molecule has 108 valence electrons. The lowest BCUT2D eigenvalue weighted by Crippen LogP contribution is -2.47. The summed E-state index contributed by atoms with van der Waals surface area (Å²) in [5.41, 5.74) is 4.48. The Labute approximate surface area is 122 Å². The maximum absolute atomic E-state index is 3.68. The molecule has 2 fully saturated rings. The monoisotopic (exact) mass is 270 g/mol. The van der Waals surface area contributed by atoms with E-state index in [-0.39, 0.29) is 0 Å². The molecule has 0 bridgehead atoms. The lowest BCUT2D eigenvalue weighted by molar-refractivity contribution is 0.244. The van der Waals surface area contributed by atoms with E-state index in [1.165, 1.54) is 74.8 Å². The number of nitrogens with zero attached hydrogens (tertiary/aromatic N) is 1. The summed E-state index contributed by atoms with van der Waals surface area (Å²) in [5, 5.41) is 3.68. The van der Waals surface area contributed by atoms with Gasteiger partial charge in [-0.15, -0.1) is 0 Å². The number of nitrogens with one attached hydrogen (secondary N) is 1. The standard InChI is InChI=1S/C18H26N2/c1-2-10-16-14(6-1)9-5-13-20(16)17-11-3-7-15-8-4-12-19-18(15)17/h3,7,11,14,16,19H,1-2,4-6,8-10,12-13H2. The highest BCUT2D eigenvalue weighted by Gasteiger charge is 2.34. The second-order valence-corrected chi connectivity index (χ2v) is 6.79. The highest BCUT2D eigenvalue weighted by Crippen LogP contribution is 2.41. The molecule has 0 spiro atoms. The maximum atomic E-state index is 3.68. The Hall–Kier alpha value is -1.18. The van der Waals surface area contributed by atoms with Gasteiger partial charge in [-0.3, -0.25) is 0 Å². The van der Waals surface area contributed by atoms with Gasteiger partial charge in [0.05, 0.1) is 11.4 Å². The van der Waals surface area contributed by atoms with E-state index < -0.39 is 0 Å². The van der Waals surface area contributed by atoms with Gasteiger partial charge in [-0.05, 0) is 56.1 Å². The van der Waals surface area contributed by atoms with Crippen molar-refractivity contribution in [1.29, 1.82) is 0 Å². The van der Waals surface area contributed by atoms with Crippen LogP contribution in [-0.4, -0.2) is 19.1 Å². The minimum Gasteiger partial charge on any atom is -0.383 e. The third-order valence-corrected chi connectivity index (χ3v) is 5.61. The van der Waals surface area contributed by atoms with Crippen molar-refractivity contribution in [2.24, 2.45) is 5.92 Å². The summed E-state index contributed by atoms with van der Waals surface area (Å²) in [4.78, 5) is 2.75. The second-order valence-electron chi connectivity index (χ2n) is 6.79. The summed E-state index contributed by atoms with van der Waals surface area (Å²) >= 11 is 0. The first-order chi connectivity index (χ1) is 9.93. The molecular weight excluding hydrogens is 244 g/mol. The molecule has 1 aromatic rings. The molecule has 4 rings (SSSR count). The van der Waals surface area contributed by atoms with Crippen molar-refractivity contribution in [3.8, 4) is 0 Å². The molecule has 2 unspecified atom stereocenters. The van der Waals surface area contributed by atoms with E-state index in [9.17, 15) is 0 Å². The number of hydrogen-bond donors (Lipinski definition) is 1. The molecule has 2 atom stereocenters. The van der Waals surface area contributed by atoms with E-state index in [1.54, 1.807) is 0 Å². The van der Waals surface area contributed by atoms with E-state index in [0.29, 0.717) is 0 Å². The van der Waals surface area contributed by atoms with Gasteiger partial charge in [0, 0.05) is 19.1 Å². The Morgan fingerprint density at radius 1 is 1.00 bits per heavy atom. The minimum absolute atomic E-state index is 0.813. The average Bonchev–Trinajstić information content (AvgIpc) is 2.54. The lowest BCUT2D eigenvalue weighted by atomic mass is 9.78. The van der Waals surface area contributed by atoms with Crippen LogP contribution in [0.15, 0.2) is 18.2 Å². The van der Waals surface area contributed by atoms with Gasteiger partial charge in [-0.1, -0.05) is 25.0 Å². The average molecular weight is 270 g/mol. The summed E-state index contributed by atoms with van der Waals surface area (Å²) in [6.45, 7) is 2.41. The molecule has 2 heterocycles. The largest absolute Gasteiger partial charge is 0.383 e. The molecule has 1 saturated heterocycles. The van der Waals surface area contributed by atoms with Crippen LogP contribution in [-0.2, 0) is 6.42 Å². The molecule has 2 nitrogen and oxygen atoms in total. The van der Waals surface area contributed by atoms with Gasteiger partial charge in [0.25, 0.3) is 0 Å². The normalized spacial score (nSPS) is 29.3. The Morgan fingerprint density at radius 2 is 1.90 bits per heavy atom. The first kappa shape index (κ1) is 12.6. The van der Waals surface area contributed by atoms with Crippen molar-refractivity contribution in [3.05, 3.63) is 23.8 Å². The molecule has 0 radical (unpaired) electrons. The zero-order chi connectivity index (χ0) is 13.4. The van der Waals surface area contributed by atoms with Crippen molar-refractivity contribution in [1.82, 2.24) is 0 Å². The molecule has 3 aliphatic rings. The van der Waals surface area contributed by atoms with Crippen molar-refractivity contribution >= 4 is 11.4 Å². The quantitative estimate of drug-likeness (QED) is 0.822. The lowest BCUT2D eigenvalue weighted by Gasteiger charge is -2.46. The van der Waals surface area contributed by atoms with E-state index in [4.69, 9.17) is 0 Å². The van der Waals surface area contributed by atoms with Gasteiger partial charge in [0.15, 0.2) is 0 Å². The number of fused-ring (bicyclic) bond motifs is 2. The number of piperidine rings is 1. The summed E-state index contributed by atoms with van der Waals surface area (Å²) in [5.74, 6) is 0.956. The van der Waals surface area contributed by atoms with Gasteiger partial charge >= 0.3 is 0 Å². The van der Waals surface area contributed by atoms with Crippen LogP contribution in [0.5, 0.6) is 0 Å². The van der Waals surface area contributed by atoms with E-state index in [1.807, 2.05) is 0 Å². The third kappa shape index (κ3) is 2.10. The highest BCUT2D eigenvalue weighted by atomic mass is 15.2. The first-order valence-corrected chi connectivity index (χ1v) is 8.56. The number of rotatable bonds is 1. The Balaban J connectivity index is 1.69. The van der Waals surface area contributed by atoms with Crippen LogP contribution >= 0.6 is 0 Å². The van der Waals surface area contributed by atoms with E-state index in [2.05, 4.69) is 28.4 Å². The van der Waals surface area contributed by atoms with Crippen LogP contribution in [0.2, 0.25) is 0 Å². The number of benzene rings is 1. The maximum Gasteiger partial charge on any atom is 0.0610 e. The number of anilines is 2. The summed E-state index contributed by atoms with van der Waals surface area (Å²) < 4.78 is 0. The molecule has 2 aliphatic heterocycles. The van der Waals surface area contributed by atoms with Crippen molar-refractivity contribution in [2.45, 2.75) is 57.4 Å². The van der Waals surface area contributed by atoms with Crippen LogP contribution < -0.4 is 10.2 Å². The van der Waals surface area contributed by atoms with Crippen LogP contribution in [0.25, 0.3) is 0 Å². The van der Waals surface area contributed by atoms with Crippen molar-refractivity contribution < 1.29 is 0 Å². The molecule has 1 aliphatic carbocycles. The molecule has 1 aromatic carbocycles. The summed E-state index contributed by atoms with van der Waals surface area (Å²) in [6, 6.07) is 7.75. The van der Waals surface area contributed by atoms with Crippen LogP contribution in [0.1, 0.15) is 50.5 Å². The highest BCUT2D eigenvalue weighted by molar-refractivity contribution is 5.75. The van der Waals surface area contributed by atoms with Crippen LogP contribution in [0.3, 0.4) is 0 Å². The SMILES string of the molecule is c1cc2c(c(N3CCCC4CCCCC43)c1)NCCC2. The van der Waals surface area contributed by atoms with Crippen molar-refractivity contribution in [2.75, 3.05) is 23.3 Å². The summed E-state index contributed by atoms with van der Waals surface area (Å²) in [7, 11) is 0. The predicted molar refractivity (Wildman–Crippen MR) is 85.6 cm³/mol. The van der Waals surface area contributed by atoms with E-state index in [0.717, 1.165) is 18.5 Å². The Bertz CT molecular complexity index is 480. The summed E-state index contributed by atoms with van der Waals surface area (Å²) in [6.07, 6.45) is 11.1. The molecule has 0 aromatic heterocycles. The molecular formula is C18H26N2. The van der Waals surface area contributed by atoms with Crippen LogP contribution in [0, 0.1) is 5.92 Å². The second kappa shape index (κ2) is 5.31. The molecule has 1 saturated carbocycles. The predicted octanol–water partition coefficient (Wildman–Crippen LogP) is 4.20. The zero-order valence-corrected chi connectivity index (χ0v) is 12.4. The first-order valence-electron chi connectivity index (χ1n) is 8.56. The third-order valence-electron chi connectivity index (χ3n) is 5.61. The van der Waals surface area contributed by atoms with Crippen LogP contribution in [0.4, 0.5) is 11.4 Å². The minimum atomic E-state index is 0.813. The van der Waals surface area contributed by atoms with E-state index >= 15 is 0 Å². The molecule has 2 heteroatoms. The molecule has 1 N–H and O–H groups in total. The van der Waals surface area contributed by atoms with Gasteiger partial charge < -0.3 is 10.2 Å². The smallest absolute Gasteiger partial charge is 0.0610 e. The fourth-order valence-corrected chi connectivity index (χ4v) is 4.65.